The van der Waals surface area contributed by atoms with E-state index in [9.17, 15) is 0 Å². The average Bonchev–Trinajstić information content (AvgIpc) is 2.77. The van der Waals surface area contributed by atoms with E-state index < -0.39 is 0 Å². The fourth-order valence-electron chi connectivity index (χ4n) is 4.23. The fourth-order valence-corrected chi connectivity index (χ4v) is 4.23. The number of nitrogens with zero attached hydrogens (tertiary/aromatic N) is 5. The van der Waals surface area contributed by atoms with E-state index in [-0.39, 0.29) is 6.10 Å². The summed E-state index contributed by atoms with van der Waals surface area (Å²) in [4.78, 5) is 11.4. The van der Waals surface area contributed by atoms with Gasteiger partial charge in [-0.15, -0.1) is 0 Å². The Kier molecular flexibility index (Phi) is 6.67. The van der Waals surface area contributed by atoms with Gasteiger partial charge in [0.2, 0.25) is 5.88 Å². The molecule has 1 saturated carbocycles. The van der Waals surface area contributed by atoms with E-state index in [1.165, 1.54) is 0 Å². The van der Waals surface area contributed by atoms with Gasteiger partial charge in [-0.05, 0) is 58.4 Å². The fraction of sp³-hybridized carbons (Fsp3) is 0.636. The van der Waals surface area contributed by atoms with Crippen molar-refractivity contribution in [1.29, 1.82) is 0 Å². The van der Waals surface area contributed by atoms with Gasteiger partial charge in [0.15, 0.2) is 0 Å². The third kappa shape index (κ3) is 5.48. The predicted molar refractivity (Wildman–Crippen MR) is 111 cm³/mol. The SMILES string of the molecule is CC(C)N1CCC(OC2CCC(Oc3cnc(-c4ccnnc4)cn3)CC2)CC1. The molecule has 0 unspecified atom stereocenters. The molecule has 0 amide bonds. The molecule has 0 spiro atoms. The molecule has 0 atom stereocenters. The Bertz CT molecular complexity index is 740. The smallest absolute Gasteiger partial charge is 0.232 e. The standard InChI is InChI=1S/C22H31N5O2/c1-16(2)27-11-8-20(9-12-27)28-18-3-5-19(6-4-18)29-22-15-23-21(14-24-22)17-7-10-25-26-13-17/h7,10,13-16,18-20H,3-6,8-9,11-12H2,1-2H3. The number of rotatable bonds is 6. The molecule has 1 aliphatic carbocycles. The Hall–Kier alpha value is -2.12. The third-order valence-electron chi connectivity index (χ3n) is 6.01. The van der Waals surface area contributed by atoms with Crippen molar-refractivity contribution < 1.29 is 9.47 Å². The van der Waals surface area contributed by atoms with Crippen LogP contribution in [0.25, 0.3) is 11.3 Å². The van der Waals surface area contributed by atoms with Crippen LogP contribution in [0.1, 0.15) is 52.4 Å². The largest absolute Gasteiger partial charge is 0.473 e. The number of ether oxygens (including phenoxy) is 2. The molecule has 7 heteroatoms. The number of aromatic nitrogens is 4. The first-order valence-electron chi connectivity index (χ1n) is 10.8. The summed E-state index contributed by atoms with van der Waals surface area (Å²) in [5.41, 5.74) is 1.67. The lowest BCUT2D eigenvalue weighted by molar-refractivity contribution is -0.0690. The van der Waals surface area contributed by atoms with Crippen LogP contribution in [-0.4, -0.2) is 62.5 Å². The summed E-state index contributed by atoms with van der Waals surface area (Å²) >= 11 is 0. The highest BCUT2D eigenvalue weighted by molar-refractivity contribution is 5.55. The molecule has 2 aliphatic rings. The number of hydrogen-bond acceptors (Lipinski definition) is 7. The first-order chi connectivity index (χ1) is 14.2. The Labute approximate surface area is 172 Å². The summed E-state index contributed by atoms with van der Waals surface area (Å²) in [6.07, 6.45) is 14.2. The van der Waals surface area contributed by atoms with Gasteiger partial charge in [-0.3, -0.25) is 0 Å². The second kappa shape index (κ2) is 9.59. The molecule has 0 radical (unpaired) electrons. The Morgan fingerprint density at radius 1 is 0.862 bits per heavy atom. The second-order valence-electron chi connectivity index (χ2n) is 8.35. The zero-order chi connectivity index (χ0) is 20.1. The van der Waals surface area contributed by atoms with E-state index in [0.29, 0.717) is 24.1 Å². The highest BCUT2D eigenvalue weighted by atomic mass is 16.5. The lowest BCUT2D eigenvalue weighted by Crippen LogP contribution is -2.42. The third-order valence-corrected chi connectivity index (χ3v) is 6.01. The van der Waals surface area contributed by atoms with Crippen molar-refractivity contribution in [2.45, 2.75) is 76.7 Å². The quantitative estimate of drug-likeness (QED) is 0.738. The molecule has 0 bridgehead atoms. The minimum atomic E-state index is 0.195. The number of likely N-dealkylation sites (tertiary alicyclic amines) is 1. The van der Waals surface area contributed by atoms with E-state index in [0.717, 1.165) is 62.9 Å². The molecule has 3 heterocycles. The number of piperidine rings is 1. The molecular formula is C22H31N5O2. The summed E-state index contributed by atoms with van der Waals surface area (Å²) in [5, 5.41) is 7.66. The first-order valence-corrected chi connectivity index (χ1v) is 10.8. The molecule has 1 saturated heterocycles. The lowest BCUT2D eigenvalue weighted by Gasteiger charge is -2.37. The van der Waals surface area contributed by atoms with Crippen LogP contribution in [0.15, 0.2) is 30.9 Å². The Morgan fingerprint density at radius 2 is 1.59 bits per heavy atom. The summed E-state index contributed by atoms with van der Waals surface area (Å²) in [6, 6.07) is 2.51. The van der Waals surface area contributed by atoms with Crippen LogP contribution in [-0.2, 0) is 4.74 Å². The van der Waals surface area contributed by atoms with E-state index in [1.807, 2.05) is 6.07 Å². The lowest BCUT2D eigenvalue weighted by atomic mass is 9.94. The maximum Gasteiger partial charge on any atom is 0.232 e. The summed E-state index contributed by atoms with van der Waals surface area (Å²) in [5.74, 6) is 0.584. The van der Waals surface area contributed by atoms with Gasteiger partial charge in [0.1, 0.15) is 6.10 Å². The van der Waals surface area contributed by atoms with Crippen LogP contribution in [0.2, 0.25) is 0 Å². The van der Waals surface area contributed by atoms with Crippen molar-refractivity contribution in [2.75, 3.05) is 13.1 Å². The van der Waals surface area contributed by atoms with Gasteiger partial charge in [-0.2, -0.15) is 10.2 Å². The number of hydrogen-bond donors (Lipinski definition) is 0. The summed E-state index contributed by atoms with van der Waals surface area (Å²) < 4.78 is 12.5. The van der Waals surface area contributed by atoms with Crippen LogP contribution in [0.5, 0.6) is 5.88 Å². The van der Waals surface area contributed by atoms with Crippen molar-refractivity contribution in [1.82, 2.24) is 25.1 Å². The Balaban J connectivity index is 1.20. The van der Waals surface area contributed by atoms with Gasteiger partial charge in [0.25, 0.3) is 0 Å². The minimum Gasteiger partial charge on any atom is -0.473 e. The molecule has 29 heavy (non-hydrogen) atoms. The molecule has 0 N–H and O–H groups in total. The average molecular weight is 398 g/mol. The van der Waals surface area contributed by atoms with Crippen molar-refractivity contribution in [3.63, 3.8) is 0 Å². The molecule has 2 aromatic heterocycles. The summed E-state index contributed by atoms with van der Waals surface area (Å²) in [6.45, 7) is 6.86. The molecule has 1 aliphatic heterocycles. The highest BCUT2D eigenvalue weighted by Gasteiger charge is 2.28. The zero-order valence-electron chi connectivity index (χ0n) is 17.4. The highest BCUT2D eigenvalue weighted by Crippen LogP contribution is 2.28. The molecule has 0 aromatic carbocycles. The van der Waals surface area contributed by atoms with E-state index in [1.54, 1.807) is 24.8 Å². The Morgan fingerprint density at radius 3 is 2.21 bits per heavy atom. The molecule has 7 nitrogen and oxygen atoms in total. The summed E-state index contributed by atoms with van der Waals surface area (Å²) in [7, 11) is 0. The van der Waals surface area contributed by atoms with Crippen LogP contribution in [0, 0.1) is 0 Å². The monoisotopic (exact) mass is 397 g/mol. The van der Waals surface area contributed by atoms with Crippen LogP contribution in [0.3, 0.4) is 0 Å². The maximum atomic E-state index is 6.40. The molecule has 2 aromatic rings. The topological polar surface area (TPSA) is 73.3 Å². The van der Waals surface area contributed by atoms with Gasteiger partial charge in [0, 0.05) is 24.7 Å². The second-order valence-corrected chi connectivity index (χ2v) is 8.35. The van der Waals surface area contributed by atoms with Crippen LogP contribution in [0.4, 0.5) is 0 Å². The van der Waals surface area contributed by atoms with E-state index >= 15 is 0 Å². The van der Waals surface area contributed by atoms with Crippen LogP contribution < -0.4 is 4.74 Å². The van der Waals surface area contributed by atoms with Crippen molar-refractivity contribution in [3.8, 4) is 17.1 Å². The van der Waals surface area contributed by atoms with Crippen molar-refractivity contribution in [2.24, 2.45) is 0 Å². The van der Waals surface area contributed by atoms with Gasteiger partial charge in [-0.25, -0.2) is 9.97 Å². The van der Waals surface area contributed by atoms with Crippen molar-refractivity contribution in [3.05, 3.63) is 30.9 Å². The van der Waals surface area contributed by atoms with Crippen LogP contribution >= 0.6 is 0 Å². The van der Waals surface area contributed by atoms with E-state index in [2.05, 4.69) is 38.9 Å². The normalized spacial score (nSPS) is 24.0. The van der Waals surface area contributed by atoms with Gasteiger partial charge in [0.05, 0.1) is 42.7 Å². The maximum absolute atomic E-state index is 6.40. The molecule has 156 valence electrons. The minimum absolute atomic E-state index is 0.195. The molecule has 2 fully saturated rings. The van der Waals surface area contributed by atoms with Gasteiger partial charge >= 0.3 is 0 Å². The first kappa shape index (κ1) is 20.2. The molecule has 4 rings (SSSR count). The van der Waals surface area contributed by atoms with E-state index in [4.69, 9.17) is 9.47 Å². The van der Waals surface area contributed by atoms with Crippen molar-refractivity contribution >= 4 is 0 Å². The van der Waals surface area contributed by atoms with Gasteiger partial charge in [-0.1, -0.05) is 0 Å². The predicted octanol–water partition coefficient (Wildman–Crippen LogP) is 3.51. The molecular weight excluding hydrogens is 366 g/mol. The zero-order valence-corrected chi connectivity index (χ0v) is 17.4. The van der Waals surface area contributed by atoms with Gasteiger partial charge < -0.3 is 14.4 Å².